The molecule has 0 radical (unpaired) electrons. The van der Waals surface area contributed by atoms with Crippen LogP contribution in [0.1, 0.15) is 63.8 Å². The molecule has 0 aliphatic carbocycles. The summed E-state index contributed by atoms with van der Waals surface area (Å²) in [4.78, 5) is 4.49. The number of fused-ring (bicyclic) bond motifs is 4. The van der Waals surface area contributed by atoms with Crippen molar-refractivity contribution < 1.29 is 25.8 Å². The van der Waals surface area contributed by atoms with Gasteiger partial charge in [-0.25, -0.2) is 0 Å². The minimum atomic E-state index is -0.0160. The van der Waals surface area contributed by atoms with Gasteiger partial charge in [-0.2, -0.15) is 12.1 Å². The van der Waals surface area contributed by atoms with Crippen molar-refractivity contribution in [2.45, 2.75) is 66.2 Å². The van der Waals surface area contributed by atoms with Gasteiger partial charge in [-0.15, -0.1) is 58.3 Å². The van der Waals surface area contributed by atoms with E-state index >= 15 is 0 Å². The molecule has 3 heterocycles. The number of para-hydroxylation sites is 2. The van der Waals surface area contributed by atoms with Crippen molar-refractivity contribution >= 4 is 44.6 Å². The van der Waals surface area contributed by atoms with Crippen molar-refractivity contribution in [3.05, 3.63) is 163 Å². The monoisotopic (exact) mass is 928 g/mol. The SMILES string of the molecule is Cc1cccc(C)c1-n1cnnc1-n1c2[c-]c(Oc3[c-]c(N4[CH-]N(c5cccc(C(C)(C)C)c5)c5ccc(C(C)(C)C)cc54)ccc3)ccc2c2ccccc21.[Pt]. The number of nitrogens with zero attached hydrogens (tertiary/aromatic N) is 6. The molecule has 0 N–H and O–H groups in total. The molecular weight excluding hydrogens is 884 g/mol. The summed E-state index contributed by atoms with van der Waals surface area (Å²) in [5.74, 6) is 1.86. The van der Waals surface area contributed by atoms with Crippen LogP contribution in [-0.2, 0) is 31.9 Å². The molecule has 0 unspecified atom stereocenters. The van der Waals surface area contributed by atoms with Crippen LogP contribution in [-0.4, -0.2) is 19.3 Å². The Morgan fingerprint density at radius 1 is 0.632 bits per heavy atom. The van der Waals surface area contributed by atoms with Gasteiger partial charge in [-0.05, 0) is 82.6 Å². The molecule has 0 atom stereocenters. The molecule has 1 aliphatic rings. The molecule has 1 aliphatic heterocycles. The maximum absolute atomic E-state index is 6.62. The van der Waals surface area contributed by atoms with Crippen molar-refractivity contribution in [3.8, 4) is 23.1 Å². The number of hydrogen-bond donors (Lipinski definition) is 0. The Morgan fingerprint density at radius 2 is 1.33 bits per heavy atom. The van der Waals surface area contributed by atoms with Crippen LogP contribution in [0.2, 0.25) is 0 Å². The Bertz CT molecular complexity index is 2760. The van der Waals surface area contributed by atoms with Gasteiger partial charge in [0.15, 0.2) is 0 Å². The average Bonchev–Trinajstić information content (AvgIpc) is 3.88. The van der Waals surface area contributed by atoms with E-state index in [2.05, 4.69) is 200 Å². The first-order valence-corrected chi connectivity index (χ1v) is 19.2. The predicted molar refractivity (Wildman–Crippen MR) is 228 cm³/mol. The number of aromatic nitrogens is 4. The predicted octanol–water partition coefficient (Wildman–Crippen LogP) is 12.4. The zero-order chi connectivity index (χ0) is 38.9. The fourth-order valence-corrected chi connectivity index (χ4v) is 7.77. The summed E-state index contributed by atoms with van der Waals surface area (Å²) in [5.41, 5.74) is 12.0. The second-order valence-corrected chi connectivity index (χ2v) is 16.8. The number of hydrogen-bond acceptors (Lipinski definition) is 5. The fourth-order valence-electron chi connectivity index (χ4n) is 7.77. The molecule has 290 valence electrons. The largest absolute Gasteiger partial charge is 0.509 e. The van der Waals surface area contributed by atoms with Gasteiger partial charge in [0.2, 0.25) is 5.95 Å². The van der Waals surface area contributed by atoms with E-state index in [1.54, 1.807) is 6.33 Å². The number of rotatable bonds is 6. The molecular formula is C49H45N6OPt-3. The van der Waals surface area contributed by atoms with E-state index in [0.717, 1.165) is 61.4 Å². The van der Waals surface area contributed by atoms with E-state index in [9.17, 15) is 0 Å². The van der Waals surface area contributed by atoms with Gasteiger partial charge in [0.25, 0.3) is 0 Å². The zero-order valence-corrected chi connectivity index (χ0v) is 35.8. The number of anilines is 4. The van der Waals surface area contributed by atoms with Gasteiger partial charge in [-0.1, -0.05) is 102 Å². The van der Waals surface area contributed by atoms with Crippen LogP contribution in [0.15, 0.2) is 122 Å². The van der Waals surface area contributed by atoms with E-state index in [1.807, 2.05) is 18.2 Å². The van der Waals surface area contributed by atoms with Crippen molar-refractivity contribution in [3.63, 3.8) is 0 Å². The second-order valence-electron chi connectivity index (χ2n) is 16.8. The van der Waals surface area contributed by atoms with Gasteiger partial charge in [0.1, 0.15) is 6.33 Å². The minimum Gasteiger partial charge on any atom is -0.509 e. The first-order chi connectivity index (χ1) is 26.8. The van der Waals surface area contributed by atoms with Crippen LogP contribution >= 0.6 is 0 Å². The van der Waals surface area contributed by atoms with E-state index in [4.69, 9.17) is 4.74 Å². The summed E-state index contributed by atoms with van der Waals surface area (Å²) < 4.78 is 10.8. The summed E-state index contributed by atoms with van der Waals surface area (Å²) >= 11 is 0. The van der Waals surface area contributed by atoms with Gasteiger partial charge in [0, 0.05) is 55.1 Å². The molecule has 6 aromatic carbocycles. The van der Waals surface area contributed by atoms with Crippen molar-refractivity contribution in [2.75, 3.05) is 9.80 Å². The molecule has 0 amide bonds. The average molecular weight is 929 g/mol. The van der Waals surface area contributed by atoms with Gasteiger partial charge < -0.3 is 19.1 Å². The molecule has 0 saturated heterocycles. The van der Waals surface area contributed by atoms with Crippen LogP contribution in [0.25, 0.3) is 33.4 Å². The third-order valence-corrected chi connectivity index (χ3v) is 10.8. The Morgan fingerprint density at radius 3 is 2.11 bits per heavy atom. The summed E-state index contributed by atoms with van der Waals surface area (Å²) in [5, 5.41) is 11.2. The third-order valence-electron chi connectivity index (χ3n) is 10.8. The molecule has 7 nitrogen and oxygen atoms in total. The normalized spacial score (nSPS) is 13.0. The molecule has 0 saturated carbocycles. The first kappa shape index (κ1) is 38.2. The molecule has 0 bridgehead atoms. The Kier molecular flexibility index (Phi) is 9.64. The Labute approximate surface area is 349 Å². The van der Waals surface area contributed by atoms with Gasteiger partial charge >= 0.3 is 0 Å². The summed E-state index contributed by atoms with van der Waals surface area (Å²) in [6.07, 6.45) is 1.78. The summed E-state index contributed by atoms with van der Waals surface area (Å²) in [7, 11) is 0. The first-order valence-electron chi connectivity index (χ1n) is 19.2. The number of benzene rings is 6. The van der Waals surface area contributed by atoms with Gasteiger partial charge in [0.05, 0.1) is 5.69 Å². The van der Waals surface area contributed by atoms with Crippen molar-refractivity contribution in [1.29, 1.82) is 0 Å². The van der Waals surface area contributed by atoms with E-state index in [-0.39, 0.29) is 31.9 Å². The number of aryl methyl sites for hydroxylation is 2. The Balaban J connectivity index is 0.00000455. The van der Waals surface area contributed by atoms with Crippen LogP contribution < -0.4 is 14.5 Å². The van der Waals surface area contributed by atoms with E-state index in [0.29, 0.717) is 17.4 Å². The standard InChI is InChI=1S/C49H45N6O.Pt/c1-32-14-11-15-33(2)46(32)52-30-50-51-47(52)55-42-21-10-9-20-40(42)41-24-23-39(29-44(41)55)56-38-19-13-18-37(28-38)54-31-53(36-17-12-16-34(26-36)48(3,4)5)43-25-22-35(27-45(43)54)49(6,7)8;/h9-27,30-31H,1-8H3;/q-3;. The quantitative estimate of drug-likeness (QED) is 0.156. The van der Waals surface area contributed by atoms with Gasteiger partial charge in [-0.3, -0.25) is 4.57 Å². The van der Waals surface area contributed by atoms with Crippen molar-refractivity contribution in [1.82, 2.24) is 19.3 Å². The third kappa shape index (κ3) is 6.82. The molecule has 0 fully saturated rings. The molecule has 0 spiro atoms. The molecule has 9 rings (SSSR count). The van der Waals surface area contributed by atoms with Crippen LogP contribution in [0.4, 0.5) is 22.7 Å². The smallest absolute Gasteiger partial charge is 0.238 e. The van der Waals surface area contributed by atoms with Crippen LogP contribution in [0.5, 0.6) is 11.5 Å². The molecule has 8 heteroatoms. The molecule has 8 aromatic rings. The van der Waals surface area contributed by atoms with E-state index in [1.165, 1.54) is 11.1 Å². The summed E-state index contributed by atoms with van der Waals surface area (Å²) in [6, 6.07) is 47.6. The van der Waals surface area contributed by atoms with Crippen molar-refractivity contribution in [2.24, 2.45) is 0 Å². The fraction of sp³-hybridized carbons (Fsp3) is 0.204. The van der Waals surface area contributed by atoms with E-state index < -0.39 is 0 Å². The molecule has 2 aromatic heterocycles. The Hall–Kier alpha value is -5.65. The maximum atomic E-state index is 6.62. The van der Waals surface area contributed by atoms with Crippen LogP contribution in [0, 0.1) is 32.6 Å². The zero-order valence-electron chi connectivity index (χ0n) is 33.5. The number of ether oxygens (including phenoxy) is 1. The minimum absolute atomic E-state index is 0. The van der Waals surface area contributed by atoms with Crippen LogP contribution in [0.3, 0.4) is 0 Å². The molecule has 57 heavy (non-hydrogen) atoms. The maximum Gasteiger partial charge on any atom is 0.238 e. The second kappa shape index (κ2) is 14.4. The summed E-state index contributed by atoms with van der Waals surface area (Å²) in [6.45, 7) is 19.9. The topological polar surface area (TPSA) is 51.4 Å².